The van der Waals surface area contributed by atoms with Crippen LogP contribution in [0.4, 0.5) is 14.9 Å². The molecule has 2 unspecified atom stereocenters. The van der Waals surface area contributed by atoms with E-state index in [4.69, 9.17) is 9.73 Å². The van der Waals surface area contributed by atoms with Crippen LogP contribution in [0.3, 0.4) is 0 Å². The highest BCUT2D eigenvalue weighted by atomic mass is 19.1. The number of nitrogens with one attached hydrogen (secondary N) is 2. The van der Waals surface area contributed by atoms with Gasteiger partial charge in [0.05, 0.1) is 26.3 Å². The third kappa shape index (κ3) is 6.42. The SMILES string of the molecule is CCNC(=NCc1ccc(NC(=O)OC)cc1)N1CC(C)OC(c2ccc(F)cc2)C1. The number of guanidine groups is 1. The third-order valence-electron chi connectivity index (χ3n) is 4.93. The van der Waals surface area contributed by atoms with Gasteiger partial charge in [-0.25, -0.2) is 14.2 Å². The van der Waals surface area contributed by atoms with E-state index in [0.29, 0.717) is 25.3 Å². The Labute approximate surface area is 182 Å². The lowest BCUT2D eigenvalue weighted by atomic mass is 10.1. The molecule has 2 N–H and O–H groups in total. The summed E-state index contributed by atoms with van der Waals surface area (Å²) in [6.07, 6.45) is -0.648. The number of anilines is 1. The molecular formula is C23H29FN4O3. The predicted octanol–water partition coefficient (Wildman–Crippen LogP) is 3.93. The van der Waals surface area contributed by atoms with Gasteiger partial charge in [0.1, 0.15) is 11.9 Å². The van der Waals surface area contributed by atoms with E-state index >= 15 is 0 Å². The number of methoxy groups -OCH3 is 1. The van der Waals surface area contributed by atoms with Crippen LogP contribution in [0.25, 0.3) is 0 Å². The van der Waals surface area contributed by atoms with E-state index in [-0.39, 0.29) is 18.0 Å². The van der Waals surface area contributed by atoms with Gasteiger partial charge in [0.25, 0.3) is 0 Å². The molecule has 7 nitrogen and oxygen atoms in total. The van der Waals surface area contributed by atoms with Crippen molar-refractivity contribution in [2.24, 2.45) is 4.99 Å². The molecule has 1 aliphatic rings. The quantitative estimate of drug-likeness (QED) is 0.558. The second kappa shape index (κ2) is 10.8. The number of morpholine rings is 1. The predicted molar refractivity (Wildman–Crippen MR) is 119 cm³/mol. The number of amides is 1. The minimum Gasteiger partial charge on any atom is -0.453 e. The lowest BCUT2D eigenvalue weighted by Crippen LogP contribution is -2.50. The normalized spacial score (nSPS) is 19.1. The number of nitrogens with zero attached hydrogens (tertiary/aromatic N) is 2. The number of carbonyl (C=O) groups is 1. The van der Waals surface area contributed by atoms with Crippen LogP contribution in [0.5, 0.6) is 0 Å². The maximum atomic E-state index is 13.3. The summed E-state index contributed by atoms with van der Waals surface area (Å²) in [6.45, 7) is 6.64. The molecule has 0 spiro atoms. The van der Waals surface area contributed by atoms with E-state index in [1.165, 1.54) is 19.2 Å². The van der Waals surface area contributed by atoms with Gasteiger partial charge in [-0.2, -0.15) is 0 Å². The fourth-order valence-corrected chi connectivity index (χ4v) is 3.44. The summed E-state index contributed by atoms with van der Waals surface area (Å²) in [7, 11) is 1.33. The first-order valence-corrected chi connectivity index (χ1v) is 10.4. The Balaban J connectivity index is 1.70. The Kier molecular flexibility index (Phi) is 7.83. The Hall–Kier alpha value is -3.13. The molecule has 2 atom stereocenters. The van der Waals surface area contributed by atoms with E-state index < -0.39 is 6.09 Å². The van der Waals surface area contributed by atoms with Crippen molar-refractivity contribution in [2.45, 2.75) is 32.6 Å². The minimum absolute atomic E-state index is 0.0105. The Bertz CT molecular complexity index is 887. The molecule has 2 aromatic rings. The number of benzene rings is 2. The number of ether oxygens (including phenoxy) is 2. The maximum absolute atomic E-state index is 13.3. The standard InChI is InChI=1S/C23H29FN4O3/c1-4-25-22(26-13-17-5-11-20(12-6-17)27-23(29)30-3)28-14-16(2)31-21(15-28)18-7-9-19(24)10-8-18/h5-12,16,21H,4,13-15H2,1-3H3,(H,25,26)(H,27,29). The molecule has 0 saturated carbocycles. The van der Waals surface area contributed by atoms with Crippen LogP contribution in [0, 0.1) is 5.82 Å². The van der Waals surface area contributed by atoms with Gasteiger partial charge < -0.3 is 19.7 Å². The van der Waals surface area contributed by atoms with Gasteiger partial charge in [0.2, 0.25) is 0 Å². The van der Waals surface area contributed by atoms with E-state index in [9.17, 15) is 9.18 Å². The third-order valence-corrected chi connectivity index (χ3v) is 4.93. The molecule has 1 fully saturated rings. The molecule has 1 saturated heterocycles. The Morgan fingerprint density at radius 1 is 1.19 bits per heavy atom. The van der Waals surface area contributed by atoms with Gasteiger partial charge in [-0.05, 0) is 49.2 Å². The summed E-state index contributed by atoms with van der Waals surface area (Å²) >= 11 is 0. The smallest absolute Gasteiger partial charge is 0.411 e. The average molecular weight is 429 g/mol. The van der Waals surface area contributed by atoms with Gasteiger partial charge in [0.15, 0.2) is 5.96 Å². The van der Waals surface area contributed by atoms with Gasteiger partial charge in [-0.15, -0.1) is 0 Å². The van der Waals surface area contributed by atoms with Crippen LogP contribution in [0.1, 0.15) is 31.1 Å². The number of rotatable bonds is 5. The highest BCUT2D eigenvalue weighted by Gasteiger charge is 2.28. The van der Waals surface area contributed by atoms with Crippen molar-refractivity contribution >= 4 is 17.7 Å². The number of hydrogen-bond acceptors (Lipinski definition) is 4. The lowest BCUT2D eigenvalue weighted by Gasteiger charge is -2.38. The van der Waals surface area contributed by atoms with Crippen molar-refractivity contribution in [3.8, 4) is 0 Å². The summed E-state index contributed by atoms with van der Waals surface area (Å²) < 4.78 is 24.0. The Morgan fingerprint density at radius 2 is 1.90 bits per heavy atom. The molecule has 1 heterocycles. The van der Waals surface area contributed by atoms with Gasteiger partial charge >= 0.3 is 6.09 Å². The molecule has 0 bridgehead atoms. The van der Waals surface area contributed by atoms with Crippen molar-refractivity contribution in [1.29, 1.82) is 0 Å². The first kappa shape index (κ1) is 22.6. The van der Waals surface area contributed by atoms with Gasteiger partial charge in [-0.3, -0.25) is 5.32 Å². The topological polar surface area (TPSA) is 75.2 Å². The molecule has 1 amide bonds. The average Bonchev–Trinajstić information content (AvgIpc) is 2.77. The molecule has 1 aliphatic heterocycles. The van der Waals surface area contributed by atoms with Crippen LogP contribution in [-0.4, -0.2) is 49.8 Å². The van der Waals surface area contributed by atoms with E-state index in [1.54, 1.807) is 12.1 Å². The summed E-state index contributed by atoms with van der Waals surface area (Å²) in [4.78, 5) is 18.3. The Morgan fingerprint density at radius 3 is 2.55 bits per heavy atom. The molecule has 8 heteroatoms. The lowest BCUT2D eigenvalue weighted by molar-refractivity contribution is -0.0605. The van der Waals surface area contributed by atoms with Crippen LogP contribution in [0.2, 0.25) is 0 Å². The molecule has 3 rings (SSSR count). The summed E-state index contributed by atoms with van der Waals surface area (Å²) in [6, 6.07) is 13.9. The highest BCUT2D eigenvalue weighted by molar-refractivity contribution is 5.84. The van der Waals surface area contributed by atoms with Crippen molar-refractivity contribution in [1.82, 2.24) is 10.2 Å². The summed E-state index contributed by atoms with van der Waals surface area (Å²) in [5, 5.41) is 5.99. The van der Waals surface area contributed by atoms with Crippen molar-refractivity contribution in [3.05, 3.63) is 65.5 Å². The van der Waals surface area contributed by atoms with Crippen molar-refractivity contribution in [3.63, 3.8) is 0 Å². The van der Waals surface area contributed by atoms with E-state index in [0.717, 1.165) is 23.6 Å². The van der Waals surface area contributed by atoms with Crippen LogP contribution in [-0.2, 0) is 16.0 Å². The fraction of sp³-hybridized carbons (Fsp3) is 0.391. The summed E-state index contributed by atoms with van der Waals surface area (Å²) in [5.74, 6) is 0.550. The van der Waals surface area contributed by atoms with Gasteiger partial charge in [-0.1, -0.05) is 24.3 Å². The largest absolute Gasteiger partial charge is 0.453 e. The molecule has 0 radical (unpaired) electrons. The number of hydrogen-bond donors (Lipinski definition) is 2. The summed E-state index contributed by atoms with van der Waals surface area (Å²) in [5.41, 5.74) is 2.63. The van der Waals surface area contributed by atoms with Crippen LogP contribution >= 0.6 is 0 Å². The first-order chi connectivity index (χ1) is 15.0. The van der Waals surface area contributed by atoms with Crippen LogP contribution in [0.15, 0.2) is 53.5 Å². The second-order valence-electron chi connectivity index (χ2n) is 7.38. The van der Waals surface area contributed by atoms with Crippen LogP contribution < -0.4 is 10.6 Å². The molecule has 2 aromatic carbocycles. The molecule has 166 valence electrons. The number of aliphatic imine (C=N–C) groups is 1. The number of halogens is 1. The zero-order valence-corrected chi connectivity index (χ0v) is 18.1. The molecule has 31 heavy (non-hydrogen) atoms. The first-order valence-electron chi connectivity index (χ1n) is 10.4. The van der Waals surface area contributed by atoms with Crippen molar-refractivity contribution in [2.75, 3.05) is 32.1 Å². The highest BCUT2D eigenvalue weighted by Crippen LogP contribution is 2.25. The van der Waals surface area contributed by atoms with Crippen molar-refractivity contribution < 1.29 is 18.7 Å². The number of carbonyl (C=O) groups excluding carboxylic acids is 1. The zero-order chi connectivity index (χ0) is 22.2. The monoisotopic (exact) mass is 428 g/mol. The molecule has 0 aromatic heterocycles. The second-order valence-corrected chi connectivity index (χ2v) is 7.38. The molecule has 0 aliphatic carbocycles. The zero-order valence-electron chi connectivity index (χ0n) is 18.1. The maximum Gasteiger partial charge on any atom is 0.411 e. The van der Waals surface area contributed by atoms with Gasteiger partial charge in [0, 0.05) is 18.8 Å². The van der Waals surface area contributed by atoms with E-state index in [1.807, 2.05) is 38.1 Å². The molecular weight excluding hydrogens is 399 g/mol. The minimum atomic E-state index is -0.502. The van der Waals surface area contributed by atoms with E-state index in [2.05, 4.69) is 20.3 Å². The fourth-order valence-electron chi connectivity index (χ4n) is 3.44.